The van der Waals surface area contributed by atoms with Gasteiger partial charge in [0.05, 0.1) is 0 Å². The molecule has 0 saturated heterocycles. The Hall–Kier alpha value is 0.314. The Balaban J connectivity index is 0. The molecular formula is C15H34ClF3O5Si2. The predicted molar refractivity (Wildman–Crippen MR) is 102 cm³/mol. The van der Waals surface area contributed by atoms with Gasteiger partial charge < -0.3 is 22.1 Å². The van der Waals surface area contributed by atoms with Gasteiger partial charge in [0.2, 0.25) is 0 Å². The fourth-order valence-corrected chi connectivity index (χ4v) is 6.22. The highest BCUT2D eigenvalue weighted by molar-refractivity contribution is 6.65. The van der Waals surface area contributed by atoms with Crippen LogP contribution in [0.15, 0.2) is 0 Å². The Kier molecular flexibility index (Phi) is 16.7. The Morgan fingerprint density at radius 3 is 1.54 bits per heavy atom. The number of hydrogen-bond donors (Lipinski definition) is 0. The van der Waals surface area contributed by atoms with E-state index in [1.165, 1.54) is 14.2 Å². The smallest absolute Gasteiger partial charge is 0.398 e. The lowest BCUT2D eigenvalue weighted by Gasteiger charge is -2.28. The van der Waals surface area contributed by atoms with E-state index in [1.54, 1.807) is 6.55 Å². The lowest BCUT2D eigenvalue weighted by molar-refractivity contribution is -0.131. The van der Waals surface area contributed by atoms with Crippen molar-refractivity contribution in [3.8, 4) is 0 Å². The van der Waals surface area contributed by atoms with Crippen LogP contribution in [0.2, 0.25) is 18.6 Å². The second-order valence-electron chi connectivity index (χ2n) is 5.43. The van der Waals surface area contributed by atoms with Crippen LogP contribution in [0, 0.1) is 0 Å². The second kappa shape index (κ2) is 15.3. The summed E-state index contributed by atoms with van der Waals surface area (Å²) in [4.78, 5) is 0. The lowest BCUT2D eigenvalue weighted by Crippen LogP contribution is -2.46. The number of rotatable bonds is 13. The topological polar surface area (TPSA) is 46.2 Å². The minimum atomic E-state index is -4.12. The maximum Gasteiger partial charge on any atom is 0.500 e. The zero-order valence-electron chi connectivity index (χ0n) is 16.7. The molecule has 0 N–H and O–H groups in total. The van der Waals surface area contributed by atoms with Crippen LogP contribution >= 0.6 is 11.6 Å². The van der Waals surface area contributed by atoms with E-state index in [0.29, 0.717) is 25.7 Å². The SMILES string of the molecule is CCO[Si](CCCCl)(OCC)OCC.CO[Si](C)(CCC(F)(F)F)OC. The molecule has 0 unspecified atom stereocenters. The summed E-state index contributed by atoms with van der Waals surface area (Å²) in [5, 5.41) is 0. The van der Waals surface area contributed by atoms with Crippen molar-refractivity contribution in [3.63, 3.8) is 0 Å². The molecule has 26 heavy (non-hydrogen) atoms. The van der Waals surface area contributed by atoms with Gasteiger partial charge in [0.15, 0.2) is 0 Å². The van der Waals surface area contributed by atoms with E-state index >= 15 is 0 Å². The highest BCUT2D eigenvalue weighted by Gasteiger charge is 2.39. The highest BCUT2D eigenvalue weighted by atomic mass is 35.5. The zero-order chi connectivity index (χ0) is 20.7. The third-order valence-corrected chi connectivity index (χ3v) is 9.74. The van der Waals surface area contributed by atoms with Gasteiger partial charge in [-0.05, 0) is 39.8 Å². The van der Waals surface area contributed by atoms with Crippen LogP contribution in [-0.2, 0) is 22.1 Å². The van der Waals surface area contributed by atoms with E-state index in [9.17, 15) is 13.2 Å². The molecule has 160 valence electrons. The Bertz CT molecular complexity index is 318. The van der Waals surface area contributed by atoms with Gasteiger partial charge in [-0.1, -0.05) is 0 Å². The fraction of sp³-hybridized carbons (Fsp3) is 1.00. The maximum atomic E-state index is 11.8. The zero-order valence-corrected chi connectivity index (χ0v) is 19.5. The summed E-state index contributed by atoms with van der Waals surface area (Å²) in [5.41, 5.74) is 0. The minimum absolute atomic E-state index is 0.0521. The normalized spacial score (nSPS) is 12.7. The van der Waals surface area contributed by atoms with Crippen LogP contribution < -0.4 is 0 Å². The van der Waals surface area contributed by atoms with E-state index in [0.717, 1.165) is 12.5 Å². The molecule has 0 rings (SSSR count). The first-order chi connectivity index (χ1) is 12.1. The third kappa shape index (κ3) is 14.4. The summed E-state index contributed by atoms with van der Waals surface area (Å²) in [6, 6.07) is 0.759. The van der Waals surface area contributed by atoms with E-state index in [2.05, 4.69) is 0 Å². The summed E-state index contributed by atoms with van der Waals surface area (Å²) < 4.78 is 62.1. The molecule has 0 aliphatic carbocycles. The van der Waals surface area contributed by atoms with Gasteiger partial charge in [-0.25, -0.2) is 0 Å². The summed E-state index contributed by atoms with van der Waals surface area (Å²) in [6.07, 6.45) is -4.07. The van der Waals surface area contributed by atoms with Crippen LogP contribution in [0.3, 0.4) is 0 Å². The van der Waals surface area contributed by atoms with Gasteiger partial charge in [0.1, 0.15) is 0 Å². The minimum Gasteiger partial charge on any atom is -0.398 e. The first-order valence-corrected chi connectivity index (χ1v) is 13.7. The summed E-state index contributed by atoms with van der Waals surface area (Å²) in [5.74, 6) is 0.627. The summed E-state index contributed by atoms with van der Waals surface area (Å²) in [6.45, 7) is 9.39. The Labute approximate surface area is 163 Å². The first kappa shape index (κ1) is 28.5. The molecule has 0 radical (unpaired) electrons. The van der Waals surface area contributed by atoms with Crippen molar-refractivity contribution in [1.29, 1.82) is 0 Å². The average Bonchev–Trinajstić information content (AvgIpc) is 2.58. The van der Waals surface area contributed by atoms with Crippen molar-refractivity contribution in [1.82, 2.24) is 0 Å². The Morgan fingerprint density at radius 2 is 1.27 bits per heavy atom. The van der Waals surface area contributed by atoms with Crippen molar-refractivity contribution in [2.45, 2.75) is 58.4 Å². The molecule has 0 aromatic carbocycles. The van der Waals surface area contributed by atoms with Crippen molar-refractivity contribution in [2.24, 2.45) is 0 Å². The Morgan fingerprint density at radius 1 is 0.846 bits per heavy atom. The molecule has 0 fully saturated rings. The first-order valence-electron chi connectivity index (χ1n) is 8.72. The molecule has 0 heterocycles. The molecule has 0 saturated carbocycles. The fourth-order valence-electron chi connectivity index (χ4n) is 1.94. The van der Waals surface area contributed by atoms with Crippen LogP contribution in [0.25, 0.3) is 0 Å². The average molecular weight is 443 g/mol. The van der Waals surface area contributed by atoms with Gasteiger partial charge in [-0.15, -0.1) is 11.6 Å². The van der Waals surface area contributed by atoms with E-state index in [1.807, 2.05) is 20.8 Å². The molecule has 0 bridgehead atoms. The largest absolute Gasteiger partial charge is 0.500 e. The van der Waals surface area contributed by atoms with Crippen molar-refractivity contribution < 1.29 is 35.3 Å². The van der Waals surface area contributed by atoms with Gasteiger partial charge in [-0.3, -0.25) is 0 Å². The van der Waals surface area contributed by atoms with E-state index in [-0.39, 0.29) is 6.04 Å². The van der Waals surface area contributed by atoms with Gasteiger partial charge in [0.25, 0.3) is 0 Å². The molecule has 0 aliphatic rings. The molecule has 0 aromatic rings. The second-order valence-corrected chi connectivity index (χ2v) is 12.1. The third-order valence-electron chi connectivity index (χ3n) is 3.44. The molecule has 0 aromatic heterocycles. The van der Waals surface area contributed by atoms with Crippen LogP contribution in [0.5, 0.6) is 0 Å². The standard InChI is InChI=1S/C9H21ClO3Si.C6H13F3O2Si/c1-4-11-14(12-5-2,13-6-3)9-7-8-10;1-10-12(3,11-2)5-4-6(7,8)9/h4-9H2,1-3H3;4-5H2,1-3H3. The van der Waals surface area contributed by atoms with Gasteiger partial charge in [0, 0.05) is 52.4 Å². The van der Waals surface area contributed by atoms with Crippen LogP contribution in [0.1, 0.15) is 33.6 Å². The monoisotopic (exact) mass is 442 g/mol. The van der Waals surface area contributed by atoms with E-state index < -0.39 is 30.0 Å². The molecule has 5 nitrogen and oxygen atoms in total. The molecule has 0 aliphatic heterocycles. The molecule has 0 atom stereocenters. The molecular weight excluding hydrogens is 409 g/mol. The number of halogens is 4. The number of alkyl halides is 4. The molecule has 0 amide bonds. The summed E-state index contributed by atoms with van der Waals surface area (Å²) >= 11 is 5.66. The lowest BCUT2D eigenvalue weighted by atomic mass is 10.5. The number of hydrogen-bond acceptors (Lipinski definition) is 5. The van der Waals surface area contributed by atoms with E-state index in [4.69, 9.17) is 33.7 Å². The molecule has 11 heteroatoms. The van der Waals surface area contributed by atoms with Gasteiger partial charge >= 0.3 is 23.5 Å². The highest BCUT2D eigenvalue weighted by Crippen LogP contribution is 2.26. The maximum absolute atomic E-state index is 11.8. The summed E-state index contributed by atoms with van der Waals surface area (Å²) in [7, 11) is -2.17. The van der Waals surface area contributed by atoms with Gasteiger partial charge in [-0.2, -0.15) is 13.2 Å². The van der Waals surface area contributed by atoms with Crippen LogP contribution in [0.4, 0.5) is 13.2 Å². The predicted octanol–water partition coefficient (Wildman–Crippen LogP) is 4.97. The van der Waals surface area contributed by atoms with Crippen molar-refractivity contribution in [3.05, 3.63) is 0 Å². The quantitative estimate of drug-likeness (QED) is 0.297. The van der Waals surface area contributed by atoms with Crippen molar-refractivity contribution >= 4 is 29.0 Å². The van der Waals surface area contributed by atoms with Crippen molar-refractivity contribution in [2.75, 3.05) is 39.9 Å². The van der Waals surface area contributed by atoms with Crippen LogP contribution in [-0.4, -0.2) is 63.5 Å². The molecule has 0 spiro atoms.